The summed E-state index contributed by atoms with van der Waals surface area (Å²) in [6.45, 7) is 3.32. The summed E-state index contributed by atoms with van der Waals surface area (Å²) in [4.78, 5) is 11.2. The molecule has 0 bridgehead atoms. The van der Waals surface area contributed by atoms with E-state index in [9.17, 15) is 4.79 Å². The molecule has 3 aromatic rings. The van der Waals surface area contributed by atoms with Gasteiger partial charge in [0.25, 0.3) is 0 Å². The zero-order valence-corrected chi connectivity index (χ0v) is 18.1. The van der Waals surface area contributed by atoms with E-state index in [0.29, 0.717) is 23.7 Å². The highest BCUT2D eigenvalue weighted by atomic mass is 32.2. The van der Waals surface area contributed by atoms with E-state index in [1.165, 1.54) is 0 Å². The third-order valence-electron chi connectivity index (χ3n) is 4.50. The number of para-hydroxylation sites is 1. The third-order valence-corrected chi connectivity index (χ3v) is 5.56. The van der Waals surface area contributed by atoms with Crippen LogP contribution in [0.3, 0.4) is 0 Å². The fraction of sp³-hybridized carbons (Fsp3) is 0.318. The standard InChI is InChI=1S/C22H25N3O4S/c1-4-25-21(16-9-11-18(27-2)12-10-16)23-24-22(25)30-14-6-13-29-20-17(15-26)7-5-8-19(20)28-3/h5,7-12,15H,4,6,13-14H2,1-3H3. The summed E-state index contributed by atoms with van der Waals surface area (Å²) >= 11 is 1.63. The number of nitrogens with zero attached hydrogens (tertiary/aromatic N) is 3. The molecular weight excluding hydrogens is 402 g/mol. The number of rotatable bonds is 11. The molecule has 30 heavy (non-hydrogen) atoms. The van der Waals surface area contributed by atoms with Gasteiger partial charge in [-0.2, -0.15) is 0 Å². The van der Waals surface area contributed by atoms with Gasteiger partial charge in [0.05, 0.1) is 26.4 Å². The first-order valence-corrected chi connectivity index (χ1v) is 10.7. The van der Waals surface area contributed by atoms with E-state index in [0.717, 1.165) is 47.3 Å². The second-order valence-corrected chi connectivity index (χ2v) is 7.39. The summed E-state index contributed by atoms with van der Waals surface area (Å²) in [6.07, 6.45) is 1.56. The highest BCUT2D eigenvalue weighted by Gasteiger charge is 2.14. The van der Waals surface area contributed by atoms with Gasteiger partial charge < -0.3 is 18.8 Å². The van der Waals surface area contributed by atoms with Crippen LogP contribution in [0.5, 0.6) is 17.2 Å². The first-order chi connectivity index (χ1) is 14.7. The SMILES string of the molecule is CCn1c(SCCCOc2c(C=O)cccc2OC)nnc1-c1ccc(OC)cc1. The Morgan fingerprint density at radius 1 is 1.07 bits per heavy atom. The Kier molecular flexibility index (Phi) is 7.73. The number of methoxy groups -OCH3 is 2. The number of carbonyl (C=O) groups excluding carboxylic acids is 1. The molecule has 0 amide bonds. The van der Waals surface area contributed by atoms with E-state index in [1.54, 1.807) is 44.2 Å². The maximum atomic E-state index is 11.2. The van der Waals surface area contributed by atoms with E-state index < -0.39 is 0 Å². The molecule has 0 aliphatic carbocycles. The lowest BCUT2D eigenvalue weighted by molar-refractivity contribution is 0.111. The van der Waals surface area contributed by atoms with Crippen molar-refractivity contribution in [2.24, 2.45) is 0 Å². The monoisotopic (exact) mass is 427 g/mol. The average molecular weight is 428 g/mol. The van der Waals surface area contributed by atoms with Crippen molar-refractivity contribution in [3.05, 3.63) is 48.0 Å². The van der Waals surface area contributed by atoms with E-state index in [-0.39, 0.29) is 0 Å². The van der Waals surface area contributed by atoms with Crippen molar-refractivity contribution in [3.63, 3.8) is 0 Å². The van der Waals surface area contributed by atoms with E-state index in [1.807, 2.05) is 24.3 Å². The van der Waals surface area contributed by atoms with Gasteiger partial charge in [0, 0.05) is 17.9 Å². The summed E-state index contributed by atoms with van der Waals surface area (Å²) in [5.74, 6) is 3.50. The van der Waals surface area contributed by atoms with Crippen LogP contribution in [-0.4, -0.2) is 47.6 Å². The van der Waals surface area contributed by atoms with Crippen LogP contribution in [-0.2, 0) is 6.54 Å². The number of aldehydes is 1. The summed E-state index contributed by atoms with van der Waals surface area (Å²) < 4.78 is 18.4. The van der Waals surface area contributed by atoms with Crippen LogP contribution >= 0.6 is 11.8 Å². The number of carbonyl (C=O) groups is 1. The maximum absolute atomic E-state index is 11.2. The van der Waals surface area contributed by atoms with Gasteiger partial charge in [0.2, 0.25) is 0 Å². The zero-order chi connectivity index (χ0) is 21.3. The lowest BCUT2D eigenvalue weighted by Crippen LogP contribution is -2.04. The molecule has 0 N–H and O–H groups in total. The highest BCUT2D eigenvalue weighted by molar-refractivity contribution is 7.99. The Hall–Kier alpha value is -3.00. The van der Waals surface area contributed by atoms with Crippen LogP contribution in [0.4, 0.5) is 0 Å². The fourth-order valence-corrected chi connectivity index (χ4v) is 3.89. The lowest BCUT2D eigenvalue weighted by atomic mass is 10.2. The molecule has 0 spiro atoms. The van der Waals surface area contributed by atoms with Crippen LogP contribution in [0.25, 0.3) is 11.4 Å². The van der Waals surface area contributed by atoms with E-state index in [2.05, 4.69) is 21.7 Å². The highest BCUT2D eigenvalue weighted by Crippen LogP contribution is 2.30. The molecule has 0 aliphatic heterocycles. The molecular formula is C22H25N3O4S. The van der Waals surface area contributed by atoms with Gasteiger partial charge in [-0.1, -0.05) is 17.8 Å². The molecule has 1 aromatic heterocycles. The third kappa shape index (κ3) is 4.94. The van der Waals surface area contributed by atoms with Gasteiger partial charge in [0.1, 0.15) is 5.75 Å². The summed E-state index contributed by atoms with van der Waals surface area (Å²) in [7, 11) is 3.21. The quantitative estimate of drug-likeness (QED) is 0.256. The summed E-state index contributed by atoms with van der Waals surface area (Å²) in [5.41, 5.74) is 1.48. The molecule has 0 saturated heterocycles. The maximum Gasteiger partial charge on any atom is 0.191 e. The van der Waals surface area contributed by atoms with Gasteiger partial charge in [-0.25, -0.2) is 0 Å². The van der Waals surface area contributed by atoms with Crippen LogP contribution in [0, 0.1) is 0 Å². The Bertz CT molecular complexity index is 973. The number of benzene rings is 2. The van der Waals surface area contributed by atoms with Crippen LogP contribution < -0.4 is 14.2 Å². The van der Waals surface area contributed by atoms with Crippen molar-refractivity contribution in [2.75, 3.05) is 26.6 Å². The molecule has 0 atom stereocenters. The van der Waals surface area contributed by atoms with Crippen LogP contribution in [0.15, 0.2) is 47.6 Å². The van der Waals surface area contributed by atoms with Crippen LogP contribution in [0.1, 0.15) is 23.7 Å². The lowest BCUT2D eigenvalue weighted by Gasteiger charge is -2.12. The molecule has 8 heteroatoms. The van der Waals surface area contributed by atoms with Crippen LogP contribution in [0.2, 0.25) is 0 Å². The minimum Gasteiger partial charge on any atom is -0.497 e. The second kappa shape index (κ2) is 10.7. The Morgan fingerprint density at radius 2 is 1.87 bits per heavy atom. The van der Waals surface area contributed by atoms with Gasteiger partial charge in [-0.3, -0.25) is 4.79 Å². The molecule has 0 unspecified atom stereocenters. The predicted octanol–water partition coefficient (Wildman–Crippen LogP) is 4.36. The Labute approximate surface area is 180 Å². The Balaban J connectivity index is 1.58. The minimum absolute atomic E-state index is 0.472. The largest absolute Gasteiger partial charge is 0.497 e. The molecule has 1 heterocycles. The number of hydrogen-bond acceptors (Lipinski definition) is 7. The molecule has 0 aliphatic rings. The predicted molar refractivity (Wildman–Crippen MR) is 117 cm³/mol. The van der Waals surface area contributed by atoms with E-state index >= 15 is 0 Å². The number of hydrogen-bond donors (Lipinski definition) is 0. The molecule has 0 fully saturated rings. The normalized spacial score (nSPS) is 10.6. The first kappa shape index (κ1) is 21.7. The van der Waals surface area contributed by atoms with Crippen molar-refractivity contribution in [1.29, 1.82) is 0 Å². The molecule has 158 valence electrons. The van der Waals surface area contributed by atoms with E-state index in [4.69, 9.17) is 14.2 Å². The average Bonchev–Trinajstić information content (AvgIpc) is 3.21. The Morgan fingerprint density at radius 3 is 2.53 bits per heavy atom. The minimum atomic E-state index is 0.472. The number of thioether (sulfide) groups is 1. The van der Waals surface area contributed by atoms with Crippen molar-refractivity contribution in [1.82, 2.24) is 14.8 Å². The number of ether oxygens (including phenoxy) is 3. The van der Waals surface area contributed by atoms with Crippen molar-refractivity contribution in [3.8, 4) is 28.6 Å². The smallest absolute Gasteiger partial charge is 0.191 e. The van der Waals surface area contributed by atoms with Gasteiger partial charge in [-0.05, 0) is 49.7 Å². The van der Waals surface area contributed by atoms with Crippen molar-refractivity contribution < 1.29 is 19.0 Å². The molecule has 7 nitrogen and oxygen atoms in total. The fourth-order valence-electron chi connectivity index (χ4n) is 2.97. The van der Waals surface area contributed by atoms with Crippen molar-refractivity contribution >= 4 is 18.0 Å². The zero-order valence-electron chi connectivity index (χ0n) is 17.3. The summed E-state index contributed by atoms with van der Waals surface area (Å²) in [6, 6.07) is 13.1. The topological polar surface area (TPSA) is 75.5 Å². The van der Waals surface area contributed by atoms with Gasteiger partial charge in [0.15, 0.2) is 28.8 Å². The first-order valence-electron chi connectivity index (χ1n) is 9.67. The second-order valence-electron chi connectivity index (χ2n) is 6.33. The number of aromatic nitrogens is 3. The molecule has 0 radical (unpaired) electrons. The summed E-state index contributed by atoms with van der Waals surface area (Å²) in [5, 5.41) is 9.59. The molecule has 0 saturated carbocycles. The van der Waals surface area contributed by atoms with Gasteiger partial charge in [-0.15, -0.1) is 10.2 Å². The van der Waals surface area contributed by atoms with Gasteiger partial charge >= 0.3 is 0 Å². The molecule has 2 aromatic carbocycles. The van der Waals surface area contributed by atoms with Crippen molar-refractivity contribution in [2.45, 2.75) is 25.0 Å². The molecule has 3 rings (SSSR count).